The van der Waals surface area contributed by atoms with Crippen molar-refractivity contribution in [1.82, 2.24) is 19.8 Å². The van der Waals surface area contributed by atoms with E-state index in [0.717, 1.165) is 49.2 Å². The molecule has 0 spiro atoms. The second kappa shape index (κ2) is 9.78. The number of hydrogen-bond acceptors (Lipinski definition) is 5. The van der Waals surface area contributed by atoms with Crippen LogP contribution < -0.4 is 5.32 Å². The number of rotatable bonds is 8. The van der Waals surface area contributed by atoms with Crippen LogP contribution in [0.5, 0.6) is 0 Å². The Balaban J connectivity index is 1.92. The van der Waals surface area contributed by atoms with E-state index in [4.69, 9.17) is 0 Å². The van der Waals surface area contributed by atoms with Gasteiger partial charge in [-0.2, -0.15) is 0 Å². The molecule has 2 amide bonds. The van der Waals surface area contributed by atoms with Gasteiger partial charge in [-0.25, -0.2) is 0 Å². The third-order valence-corrected chi connectivity index (χ3v) is 5.67. The fourth-order valence-corrected chi connectivity index (χ4v) is 4.04. The Labute approximate surface area is 170 Å². The molecule has 3 rings (SSSR count). The lowest BCUT2D eigenvalue weighted by molar-refractivity contribution is -0.126. The van der Waals surface area contributed by atoms with Crippen molar-refractivity contribution in [3.05, 3.63) is 47.0 Å². The highest BCUT2D eigenvalue weighted by atomic mass is 32.1. The highest BCUT2D eigenvalue weighted by Gasteiger charge is 2.34. The third-order valence-electron chi connectivity index (χ3n) is 5.16. The Kier molecular flexibility index (Phi) is 7.14. The number of carbonyl (C=O) groups excluding carboxylic acids is 2. The summed E-state index contributed by atoms with van der Waals surface area (Å²) in [5.41, 5.74) is 1.11. The molecule has 1 heterocycles. The molecule has 6 nitrogen and oxygen atoms in total. The van der Waals surface area contributed by atoms with Crippen LogP contribution in [0.4, 0.5) is 0 Å². The van der Waals surface area contributed by atoms with Crippen LogP contribution in [-0.4, -0.2) is 38.9 Å². The minimum atomic E-state index is -0.672. The van der Waals surface area contributed by atoms with E-state index in [9.17, 15) is 9.59 Å². The van der Waals surface area contributed by atoms with Crippen LogP contribution in [0, 0.1) is 5.92 Å². The molecule has 1 aliphatic carbocycles. The standard InChI is InChI=1S/C21H28N4O2S/c1-15(2)12-13-25(21(27)18-14-28-24-23-18)19(16-8-4-3-5-9-16)20(26)22-17-10-6-7-11-17/h3-5,8-9,14-15,17,19H,6-7,10-13H2,1-2H3,(H,22,26)/t19-/m0/s1. The maximum Gasteiger partial charge on any atom is 0.276 e. The molecule has 0 saturated heterocycles. The van der Waals surface area contributed by atoms with Crippen molar-refractivity contribution < 1.29 is 9.59 Å². The molecule has 0 unspecified atom stereocenters. The first-order valence-electron chi connectivity index (χ1n) is 9.99. The molecule has 2 aromatic rings. The van der Waals surface area contributed by atoms with Crippen molar-refractivity contribution in [3.8, 4) is 0 Å². The number of benzene rings is 1. The SMILES string of the molecule is CC(C)CCN(C(=O)c1csnn1)[C@H](C(=O)NC1CCCC1)c1ccccc1. The summed E-state index contributed by atoms with van der Waals surface area (Å²) in [6.07, 6.45) is 5.10. The molecular weight excluding hydrogens is 372 g/mol. The quantitative estimate of drug-likeness (QED) is 0.731. The minimum absolute atomic E-state index is 0.113. The molecule has 1 N–H and O–H groups in total. The first kappa shape index (κ1) is 20.5. The summed E-state index contributed by atoms with van der Waals surface area (Å²) in [6, 6.07) is 9.07. The third kappa shape index (κ3) is 5.16. The molecule has 150 valence electrons. The molecule has 1 aromatic carbocycles. The van der Waals surface area contributed by atoms with Crippen molar-refractivity contribution in [3.63, 3.8) is 0 Å². The van der Waals surface area contributed by atoms with Crippen LogP contribution in [0.3, 0.4) is 0 Å². The minimum Gasteiger partial charge on any atom is -0.351 e. The maximum absolute atomic E-state index is 13.3. The molecule has 0 bridgehead atoms. The topological polar surface area (TPSA) is 75.2 Å². The van der Waals surface area contributed by atoms with Crippen LogP contribution in [-0.2, 0) is 4.79 Å². The summed E-state index contributed by atoms with van der Waals surface area (Å²) >= 11 is 1.14. The molecule has 7 heteroatoms. The summed E-state index contributed by atoms with van der Waals surface area (Å²) in [7, 11) is 0. The predicted molar refractivity (Wildman–Crippen MR) is 110 cm³/mol. The van der Waals surface area contributed by atoms with E-state index in [1.54, 1.807) is 10.3 Å². The van der Waals surface area contributed by atoms with Gasteiger partial charge in [0.1, 0.15) is 6.04 Å². The Bertz CT molecular complexity index is 758. The van der Waals surface area contributed by atoms with Gasteiger partial charge in [-0.3, -0.25) is 9.59 Å². The maximum atomic E-state index is 13.3. The van der Waals surface area contributed by atoms with Crippen molar-refractivity contribution in [2.24, 2.45) is 5.92 Å². The van der Waals surface area contributed by atoms with E-state index in [-0.39, 0.29) is 17.9 Å². The Morgan fingerprint density at radius 1 is 1.21 bits per heavy atom. The van der Waals surface area contributed by atoms with E-state index in [0.29, 0.717) is 18.2 Å². The zero-order valence-corrected chi connectivity index (χ0v) is 17.3. The summed E-state index contributed by atoms with van der Waals surface area (Å²) in [5, 5.41) is 8.77. The highest BCUT2D eigenvalue weighted by molar-refractivity contribution is 7.03. The monoisotopic (exact) mass is 400 g/mol. The van der Waals surface area contributed by atoms with E-state index in [2.05, 4.69) is 28.8 Å². The van der Waals surface area contributed by atoms with Crippen LogP contribution >= 0.6 is 11.5 Å². The Morgan fingerprint density at radius 2 is 1.93 bits per heavy atom. The van der Waals surface area contributed by atoms with Crippen molar-refractivity contribution in [2.75, 3.05) is 6.54 Å². The number of amides is 2. The molecular formula is C21H28N4O2S. The number of carbonyl (C=O) groups is 2. The lowest BCUT2D eigenvalue weighted by Crippen LogP contribution is -2.46. The molecule has 1 aromatic heterocycles. The number of aromatic nitrogens is 2. The summed E-state index contributed by atoms with van der Waals surface area (Å²) in [6.45, 7) is 4.72. The van der Waals surface area contributed by atoms with Gasteiger partial charge in [0.15, 0.2) is 5.69 Å². The Morgan fingerprint density at radius 3 is 2.54 bits per heavy atom. The van der Waals surface area contributed by atoms with E-state index < -0.39 is 6.04 Å². The van der Waals surface area contributed by atoms with Crippen LogP contribution in [0.15, 0.2) is 35.7 Å². The van der Waals surface area contributed by atoms with E-state index in [1.807, 2.05) is 30.3 Å². The van der Waals surface area contributed by atoms with Gasteiger partial charge in [-0.1, -0.05) is 61.5 Å². The van der Waals surface area contributed by atoms with Crippen molar-refractivity contribution in [1.29, 1.82) is 0 Å². The van der Waals surface area contributed by atoms with Gasteiger partial charge in [0.2, 0.25) is 5.91 Å². The average Bonchev–Trinajstić information content (AvgIpc) is 3.39. The number of hydrogen-bond donors (Lipinski definition) is 1. The lowest BCUT2D eigenvalue weighted by atomic mass is 10.0. The number of nitrogens with one attached hydrogen (secondary N) is 1. The smallest absolute Gasteiger partial charge is 0.276 e. The average molecular weight is 401 g/mol. The summed E-state index contributed by atoms with van der Waals surface area (Å²) < 4.78 is 3.82. The van der Waals surface area contributed by atoms with Crippen molar-refractivity contribution >= 4 is 23.3 Å². The largest absolute Gasteiger partial charge is 0.351 e. The van der Waals surface area contributed by atoms with Gasteiger partial charge in [-0.05, 0) is 42.3 Å². The molecule has 0 aliphatic heterocycles. The second-order valence-corrected chi connectivity index (χ2v) is 8.38. The van der Waals surface area contributed by atoms with E-state index in [1.165, 1.54) is 0 Å². The zero-order chi connectivity index (χ0) is 19.9. The summed E-state index contributed by atoms with van der Waals surface area (Å²) in [4.78, 5) is 28.2. The fourth-order valence-electron chi connectivity index (χ4n) is 3.61. The van der Waals surface area contributed by atoms with E-state index >= 15 is 0 Å². The summed E-state index contributed by atoms with van der Waals surface area (Å²) in [5.74, 6) is 0.0568. The van der Waals surface area contributed by atoms with Crippen LogP contribution in [0.25, 0.3) is 0 Å². The number of nitrogens with zero attached hydrogens (tertiary/aromatic N) is 3. The molecule has 1 aliphatic rings. The lowest BCUT2D eigenvalue weighted by Gasteiger charge is -2.32. The van der Waals surface area contributed by atoms with Gasteiger partial charge in [0.25, 0.3) is 5.91 Å². The van der Waals surface area contributed by atoms with Crippen LogP contribution in [0.1, 0.15) is 68.0 Å². The fraction of sp³-hybridized carbons (Fsp3) is 0.524. The predicted octanol–water partition coefficient (Wildman–Crippen LogP) is 3.83. The van der Waals surface area contributed by atoms with Gasteiger partial charge in [-0.15, -0.1) is 5.10 Å². The van der Waals surface area contributed by atoms with Gasteiger partial charge in [0, 0.05) is 18.0 Å². The van der Waals surface area contributed by atoms with Gasteiger partial charge < -0.3 is 10.2 Å². The zero-order valence-electron chi connectivity index (χ0n) is 16.5. The molecule has 0 radical (unpaired) electrons. The first-order valence-corrected chi connectivity index (χ1v) is 10.8. The normalized spacial score (nSPS) is 15.5. The molecule has 1 atom stereocenters. The van der Waals surface area contributed by atoms with Crippen LogP contribution in [0.2, 0.25) is 0 Å². The molecule has 1 saturated carbocycles. The van der Waals surface area contributed by atoms with Gasteiger partial charge in [0.05, 0.1) is 0 Å². The second-order valence-electron chi connectivity index (χ2n) is 7.77. The first-order chi connectivity index (χ1) is 13.6. The van der Waals surface area contributed by atoms with Gasteiger partial charge >= 0.3 is 0 Å². The van der Waals surface area contributed by atoms with Crippen molar-refractivity contribution in [2.45, 2.75) is 58.0 Å². The molecule has 28 heavy (non-hydrogen) atoms. The highest BCUT2D eigenvalue weighted by Crippen LogP contribution is 2.26. The Hall–Kier alpha value is -2.28. The molecule has 1 fully saturated rings.